The average Bonchev–Trinajstić information content (AvgIpc) is 2.91. The van der Waals surface area contributed by atoms with Crippen molar-refractivity contribution >= 4 is 25.5 Å². The molecular formula is C16H18Sn. The molecule has 3 rings (SSSR count). The van der Waals surface area contributed by atoms with Crippen molar-refractivity contribution in [3.05, 3.63) is 60.7 Å². The molecule has 2 aromatic carbocycles. The van der Waals surface area contributed by atoms with Crippen LogP contribution in [0.3, 0.4) is 0 Å². The van der Waals surface area contributed by atoms with Gasteiger partial charge in [0.05, 0.1) is 0 Å². The fourth-order valence-corrected chi connectivity index (χ4v) is 17.8. The van der Waals surface area contributed by atoms with Crippen molar-refractivity contribution in [2.75, 3.05) is 0 Å². The van der Waals surface area contributed by atoms with Crippen LogP contribution in [0.1, 0.15) is 12.8 Å². The predicted molar refractivity (Wildman–Crippen MR) is 76.8 cm³/mol. The molecule has 0 saturated carbocycles. The Morgan fingerprint density at radius 3 is 1.41 bits per heavy atom. The molecule has 1 fully saturated rings. The minimum absolute atomic E-state index is 1.44. The van der Waals surface area contributed by atoms with Gasteiger partial charge in [0.15, 0.2) is 0 Å². The van der Waals surface area contributed by atoms with E-state index in [1.807, 2.05) is 0 Å². The van der Waals surface area contributed by atoms with Gasteiger partial charge in [-0.3, -0.25) is 0 Å². The van der Waals surface area contributed by atoms with Crippen LogP contribution >= 0.6 is 0 Å². The van der Waals surface area contributed by atoms with Crippen molar-refractivity contribution in [1.82, 2.24) is 0 Å². The Bertz CT molecular complexity index is 428. The summed E-state index contributed by atoms with van der Waals surface area (Å²) in [5.41, 5.74) is 0. The number of benzene rings is 2. The van der Waals surface area contributed by atoms with Crippen molar-refractivity contribution in [3.8, 4) is 0 Å². The molecule has 1 aliphatic heterocycles. The van der Waals surface area contributed by atoms with Crippen LogP contribution < -0.4 is 7.16 Å². The summed E-state index contributed by atoms with van der Waals surface area (Å²) in [5, 5.41) is 0. The summed E-state index contributed by atoms with van der Waals surface area (Å²) in [6, 6.07) is 22.7. The molecule has 0 bridgehead atoms. The molecule has 1 heteroatoms. The third kappa shape index (κ3) is 2.03. The van der Waals surface area contributed by atoms with Gasteiger partial charge in [0, 0.05) is 0 Å². The molecule has 1 saturated heterocycles. The minimum atomic E-state index is -2.24. The van der Waals surface area contributed by atoms with E-state index in [0.29, 0.717) is 0 Å². The first kappa shape index (κ1) is 11.3. The SMILES string of the molecule is c1cc[c]([Sn]2([c]3ccccc3)[CH2]CC[CH2]2)cc1. The second-order valence-corrected chi connectivity index (χ2v) is 17.3. The Balaban J connectivity index is 2.11. The van der Waals surface area contributed by atoms with Crippen LogP contribution in [-0.2, 0) is 0 Å². The fraction of sp³-hybridized carbons (Fsp3) is 0.250. The third-order valence-electron chi connectivity index (χ3n) is 4.11. The molecule has 86 valence electrons. The molecular weight excluding hydrogens is 311 g/mol. The van der Waals surface area contributed by atoms with E-state index >= 15 is 0 Å². The average molecular weight is 329 g/mol. The van der Waals surface area contributed by atoms with Crippen LogP contribution in [-0.4, -0.2) is 18.4 Å². The van der Waals surface area contributed by atoms with Gasteiger partial charge in [-0.25, -0.2) is 0 Å². The Hall–Kier alpha value is -0.761. The van der Waals surface area contributed by atoms with Gasteiger partial charge < -0.3 is 0 Å². The Morgan fingerprint density at radius 2 is 1.00 bits per heavy atom. The van der Waals surface area contributed by atoms with Gasteiger partial charge in [-0.05, 0) is 0 Å². The first-order valence-electron chi connectivity index (χ1n) is 6.53. The van der Waals surface area contributed by atoms with Crippen LogP contribution in [0.2, 0.25) is 8.87 Å². The van der Waals surface area contributed by atoms with Crippen molar-refractivity contribution in [2.45, 2.75) is 21.7 Å². The van der Waals surface area contributed by atoms with Crippen LogP contribution in [0.15, 0.2) is 60.7 Å². The molecule has 1 heterocycles. The van der Waals surface area contributed by atoms with Crippen LogP contribution in [0.25, 0.3) is 0 Å². The first-order chi connectivity index (χ1) is 8.42. The molecule has 2 aromatic rings. The maximum atomic E-state index is 2.38. The zero-order valence-electron chi connectivity index (χ0n) is 10.1. The quantitative estimate of drug-likeness (QED) is 0.743. The second-order valence-electron chi connectivity index (χ2n) is 5.02. The molecule has 0 radical (unpaired) electrons. The molecule has 0 nitrogen and oxygen atoms in total. The van der Waals surface area contributed by atoms with Gasteiger partial charge in [-0.2, -0.15) is 0 Å². The molecule has 0 atom stereocenters. The van der Waals surface area contributed by atoms with Gasteiger partial charge in [0.2, 0.25) is 0 Å². The van der Waals surface area contributed by atoms with Crippen LogP contribution in [0, 0.1) is 0 Å². The van der Waals surface area contributed by atoms with Gasteiger partial charge in [0.25, 0.3) is 0 Å². The molecule has 17 heavy (non-hydrogen) atoms. The standard InChI is InChI=1S/2C6H5.C4H8.Sn/c2*1-2-4-6-5-3-1;1-3-4-2;/h2*1-5H;1-4H2;. The number of hydrogen-bond donors (Lipinski definition) is 0. The van der Waals surface area contributed by atoms with E-state index in [0.717, 1.165) is 0 Å². The van der Waals surface area contributed by atoms with Crippen LogP contribution in [0.5, 0.6) is 0 Å². The Kier molecular flexibility index (Phi) is 3.23. The summed E-state index contributed by atoms with van der Waals surface area (Å²) >= 11 is -2.24. The Labute approximate surface area is 108 Å². The van der Waals surface area contributed by atoms with E-state index in [-0.39, 0.29) is 0 Å². The van der Waals surface area contributed by atoms with Gasteiger partial charge in [-0.1, -0.05) is 0 Å². The van der Waals surface area contributed by atoms with Gasteiger partial charge in [0.1, 0.15) is 0 Å². The fourth-order valence-electron chi connectivity index (χ4n) is 3.24. The van der Waals surface area contributed by atoms with Gasteiger partial charge >= 0.3 is 108 Å². The predicted octanol–water partition coefficient (Wildman–Crippen LogP) is 3.04. The van der Waals surface area contributed by atoms with Crippen LogP contribution in [0.4, 0.5) is 0 Å². The van der Waals surface area contributed by atoms with Crippen molar-refractivity contribution in [3.63, 3.8) is 0 Å². The molecule has 0 unspecified atom stereocenters. The monoisotopic (exact) mass is 330 g/mol. The second kappa shape index (κ2) is 4.85. The maximum absolute atomic E-state index is 2.38. The summed E-state index contributed by atoms with van der Waals surface area (Å²) in [6.45, 7) is 0. The molecule has 0 aliphatic carbocycles. The molecule has 0 spiro atoms. The van der Waals surface area contributed by atoms with Crippen molar-refractivity contribution in [2.24, 2.45) is 0 Å². The van der Waals surface area contributed by atoms with E-state index in [9.17, 15) is 0 Å². The zero-order valence-corrected chi connectivity index (χ0v) is 13.0. The molecule has 0 aromatic heterocycles. The summed E-state index contributed by atoms with van der Waals surface area (Å²) in [6.07, 6.45) is 2.89. The third-order valence-corrected chi connectivity index (χ3v) is 19.2. The molecule has 0 N–H and O–H groups in total. The summed E-state index contributed by atoms with van der Waals surface area (Å²) in [4.78, 5) is 0. The Morgan fingerprint density at radius 1 is 0.588 bits per heavy atom. The van der Waals surface area contributed by atoms with Crippen molar-refractivity contribution in [1.29, 1.82) is 0 Å². The summed E-state index contributed by atoms with van der Waals surface area (Å²) in [5.74, 6) is 0. The van der Waals surface area contributed by atoms with Crippen molar-refractivity contribution < 1.29 is 0 Å². The number of rotatable bonds is 2. The van der Waals surface area contributed by atoms with E-state index in [1.165, 1.54) is 21.7 Å². The van der Waals surface area contributed by atoms with Gasteiger partial charge in [-0.15, -0.1) is 0 Å². The number of hydrogen-bond acceptors (Lipinski definition) is 0. The topological polar surface area (TPSA) is 0 Å². The summed E-state index contributed by atoms with van der Waals surface area (Å²) < 4.78 is 6.40. The first-order valence-corrected chi connectivity index (χ1v) is 13.4. The molecule has 0 amide bonds. The zero-order chi connectivity index (χ0) is 11.6. The van der Waals surface area contributed by atoms with E-state index in [2.05, 4.69) is 60.7 Å². The molecule has 1 aliphatic rings. The normalized spacial score (nSPS) is 18.1. The van der Waals surface area contributed by atoms with E-state index < -0.39 is 18.4 Å². The van der Waals surface area contributed by atoms with E-state index in [4.69, 9.17) is 0 Å². The summed E-state index contributed by atoms with van der Waals surface area (Å²) in [7, 11) is 0. The van der Waals surface area contributed by atoms with E-state index in [1.54, 1.807) is 7.16 Å².